The summed E-state index contributed by atoms with van der Waals surface area (Å²) >= 11 is 1.62. The number of carbonyl (C=O) groups is 1. The maximum Gasteiger partial charge on any atom is 0.223 e. The van der Waals surface area contributed by atoms with E-state index in [1.54, 1.807) is 11.3 Å². The molecule has 0 aliphatic carbocycles. The Labute approximate surface area is 153 Å². The Morgan fingerprint density at radius 1 is 1.24 bits per heavy atom. The first-order chi connectivity index (χ1) is 12.0. The predicted octanol–water partition coefficient (Wildman–Crippen LogP) is 3.08. The molecule has 136 valence electrons. The average molecular weight is 362 g/mol. The third-order valence-corrected chi connectivity index (χ3v) is 5.97. The van der Waals surface area contributed by atoms with Crippen molar-refractivity contribution in [1.82, 2.24) is 20.1 Å². The Bertz CT molecular complexity index is 710. The van der Waals surface area contributed by atoms with Gasteiger partial charge >= 0.3 is 0 Å². The molecule has 3 rings (SSSR count). The van der Waals surface area contributed by atoms with E-state index in [1.807, 2.05) is 0 Å². The Balaban J connectivity index is 1.62. The maximum absolute atomic E-state index is 12.3. The summed E-state index contributed by atoms with van der Waals surface area (Å²) in [6, 6.07) is 4.44. The molecule has 0 bridgehead atoms. The monoisotopic (exact) mass is 361 g/mol. The SMILES string of the molecule is CC[C@@H](C)NC(=O)C1CCN(c2nnc(-n3c(C)ccc3C)s2)CC1. The van der Waals surface area contributed by atoms with Crippen molar-refractivity contribution in [2.75, 3.05) is 18.0 Å². The second-order valence-corrected chi connectivity index (χ2v) is 7.83. The van der Waals surface area contributed by atoms with Gasteiger partial charge in [-0.1, -0.05) is 18.3 Å². The number of aromatic nitrogens is 3. The first kappa shape index (κ1) is 17.9. The third kappa shape index (κ3) is 3.86. The fourth-order valence-corrected chi connectivity index (χ4v) is 4.21. The molecule has 1 amide bonds. The van der Waals surface area contributed by atoms with Crippen molar-refractivity contribution in [3.63, 3.8) is 0 Å². The number of nitrogens with one attached hydrogen (secondary N) is 1. The van der Waals surface area contributed by atoms with Crippen LogP contribution in [0.3, 0.4) is 0 Å². The molecule has 2 aromatic rings. The lowest BCUT2D eigenvalue weighted by molar-refractivity contribution is -0.126. The first-order valence-electron chi connectivity index (χ1n) is 9.03. The molecule has 7 heteroatoms. The van der Waals surface area contributed by atoms with Gasteiger partial charge in [0.2, 0.25) is 16.2 Å². The zero-order valence-corrected chi connectivity index (χ0v) is 16.3. The Hall–Kier alpha value is -1.89. The van der Waals surface area contributed by atoms with Gasteiger partial charge in [0.25, 0.3) is 0 Å². The summed E-state index contributed by atoms with van der Waals surface area (Å²) in [5.41, 5.74) is 2.33. The van der Waals surface area contributed by atoms with Gasteiger partial charge in [-0.15, -0.1) is 10.2 Å². The molecule has 1 atom stereocenters. The van der Waals surface area contributed by atoms with Gasteiger partial charge in [-0.25, -0.2) is 0 Å². The maximum atomic E-state index is 12.3. The number of nitrogens with zero attached hydrogens (tertiary/aromatic N) is 4. The molecule has 1 saturated heterocycles. The van der Waals surface area contributed by atoms with E-state index in [1.165, 1.54) is 11.4 Å². The topological polar surface area (TPSA) is 63.1 Å². The van der Waals surface area contributed by atoms with E-state index in [4.69, 9.17) is 0 Å². The molecule has 2 aromatic heterocycles. The van der Waals surface area contributed by atoms with Crippen LogP contribution in [0.5, 0.6) is 0 Å². The van der Waals surface area contributed by atoms with Crippen LogP contribution in [-0.2, 0) is 4.79 Å². The highest BCUT2D eigenvalue weighted by Gasteiger charge is 2.27. The fraction of sp³-hybridized carbons (Fsp3) is 0.611. The van der Waals surface area contributed by atoms with E-state index in [2.05, 4.69) is 64.8 Å². The Morgan fingerprint density at radius 3 is 2.44 bits per heavy atom. The standard InChI is InChI=1S/C18H27N5OS/c1-5-12(2)19-16(24)15-8-10-22(11-9-15)17-20-21-18(25-17)23-13(3)6-7-14(23)4/h6-7,12,15H,5,8-11H2,1-4H3,(H,19,24)/t12-/m1/s1. The molecule has 25 heavy (non-hydrogen) atoms. The van der Waals surface area contributed by atoms with E-state index >= 15 is 0 Å². The number of rotatable bonds is 5. The largest absolute Gasteiger partial charge is 0.353 e. The summed E-state index contributed by atoms with van der Waals surface area (Å²) in [4.78, 5) is 14.5. The minimum atomic E-state index is 0.117. The molecule has 6 nitrogen and oxygen atoms in total. The zero-order chi connectivity index (χ0) is 18.0. The third-order valence-electron chi connectivity index (χ3n) is 5.00. The number of hydrogen-bond acceptors (Lipinski definition) is 5. The van der Waals surface area contributed by atoms with Crippen LogP contribution >= 0.6 is 11.3 Å². The van der Waals surface area contributed by atoms with Crippen molar-refractivity contribution < 1.29 is 4.79 Å². The molecule has 1 aliphatic rings. The number of amides is 1. The van der Waals surface area contributed by atoms with Crippen LogP contribution in [-0.4, -0.2) is 39.8 Å². The smallest absolute Gasteiger partial charge is 0.223 e. The Kier molecular flexibility index (Phi) is 5.42. The van der Waals surface area contributed by atoms with Gasteiger partial charge in [0, 0.05) is 36.4 Å². The summed E-state index contributed by atoms with van der Waals surface area (Å²) < 4.78 is 2.13. The number of anilines is 1. The number of carbonyl (C=O) groups excluding carboxylic acids is 1. The minimum absolute atomic E-state index is 0.117. The van der Waals surface area contributed by atoms with Gasteiger partial charge in [0.1, 0.15) is 0 Å². The van der Waals surface area contributed by atoms with E-state index in [9.17, 15) is 4.79 Å². The number of hydrogen-bond donors (Lipinski definition) is 1. The van der Waals surface area contributed by atoms with E-state index in [0.29, 0.717) is 0 Å². The Morgan fingerprint density at radius 2 is 1.84 bits per heavy atom. The summed E-state index contributed by atoms with van der Waals surface area (Å²) in [6.45, 7) is 10.0. The van der Waals surface area contributed by atoms with Crippen molar-refractivity contribution in [1.29, 1.82) is 0 Å². The zero-order valence-electron chi connectivity index (χ0n) is 15.5. The lowest BCUT2D eigenvalue weighted by Gasteiger charge is -2.31. The highest BCUT2D eigenvalue weighted by Crippen LogP contribution is 2.29. The van der Waals surface area contributed by atoms with Crippen molar-refractivity contribution in [2.45, 2.75) is 53.0 Å². The van der Waals surface area contributed by atoms with Crippen molar-refractivity contribution in [3.05, 3.63) is 23.5 Å². The lowest BCUT2D eigenvalue weighted by atomic mass is 9.96. The lowest BCUT2D eigenvalue weighted by Crippen LogP contribution is -2.43. The van der Waals surface area contributed by atoms with E-state index < -0.39 is 0 Å². The highest BCUT2D eigenvalue weighted by molar-refractivity contribution is 7.17. The molecular weight excluding hydrogens is 334 g/mol. The molecule has 1 fully saturated rings. The molecule has 0 saturated carbocycles. The van der Waals surface area contributed by atoms with Crippen molar-refractivity contribution >= 4 is 22.4 Å². The molecule has 0 spiro atoms. The van der Waals surface area contributed by atoms with Crippen LogP contribution in [0.4, 0.5) is 5.13 Å². The summed E-state index contributed by atoms with van der Waals surface area (Å²) in [7, 11) is 0. The highest BCUT2D eigenvalue weighted by atomic mass is 32.1. The average Bonchev–Trinajstić information content (AvgIpc) is 3.21. The van der Waals surface area contributed by atoms with Crippen LogP contribution < -0.4 is 10.2 Å². The van der Waals surface area contributed by atoms with Gasteiger partial charge in [0.15, 0.2) is 0 Å². The van der Waals surface area contributed by atoms with Crippen molar-refractivity contribution in [2.24, 2.45) is 5.92 Å². The summed E-state index contributed by atoms with van der Waals surface area (Å²) in [5.74, 6) is 0.317. The van der Waals surface area contributed by atoms with Gasteiger partial charge in [-0.3, -0.25) is 9.36 Å². The summed E-state index contributed by atoms with van der Waals surface area (Å²) in [5, 5.41) is 13.7. The van der Waals surface area contributed by atoms with Gasteiger partial charge in [-0.2, -0.15) is 0 Å². The number of piperidine rings is 1. The number of aryl methyl sites for hydroxylation is 2. The second-order valence-electron chi connectivity index (χ2n) is 6.90. The van der Waals surface area contributed by atoms with Crippen molar-refractivity contribution in [3.8, 4) is 5.13 Å². The molecular formula is C18H27N5OS. The molecule has 1 N–H and O–H groups in total. The van der Waals surface area contributed by atoms with Crippen LogP contribution in [0.1, 0.15) is 44.5 Å². The molecule has 3 heterocycles. The van der Waals surface area contributed by atoms with Crippen LogP contribution in [0.15, 0.2) is 12.1 Å². The predicted molar refractivity (Wildman–Crippen MR) is 102 cm³/mol. The first-order valence-corrected chi connectivity index (χ1v) is 9.85. The molecule has 0 radical (unpaired) electrons. The second kappa shape index (κ2) is 7.56. The van der Waals surface area contributed by atoms with Gasteiger partial charge in [-0.05, 0) is 52.2 Å². The fourth-order valence-electron chi connectivity index (χ4n) is 3.19. The molecule has 0 unspecified atom stereocenters. The molecule has 1 aliphatic heterocycles. The van der Waals surface area contributed by atoms with Gasteiger partial charge in [0.05, 0.1) is 0 Å². The van der Waals surface area contributed by atoms with E-state index in [0.717, 1.165) is 42.6 Å². The van der Waals surface area contributed by atoms with Gasteiger partial charge < -0.3 is 10.2 Å². The van der Waals surface area contributed by atoms with Crippen LogP contribution in [0.25, 0.3) is 5.13 Å². The van der Waals surface area contributed by atoms with Crippen LogP contribution in [0.2, 0.25) is 0 Å². The quantitative estimate of drug-likeness (QED) is 0.889. The summed E-state index contributed by atoms with van der Waals surface area (Å²) in [6.07, 6.45) is 2.72. The van der Waals surface area contributed by atoms with E-state index in [-0.39, 0.29) is 17.9 Å². The molecule has 0 aromatic carbocycles. The normalized spacial score (nSPS) is 16.9. The van der Waals surface area contributed by atoms with Crippen LogP contribution in [0, 0.1) is 19.8 Å². The minimum Gasteiger partial charge on any atom is -0.353 e.